The van der Waals surface area contributed by atoms with Crippen LogP contribution in [0.15, 0.2) is 24.3 Å². The smallest absolute Gasteiger partial charge is 0.256 e. The van der Waals surface area contributed by atoms with Crippen molar-refractivity contribution in [2.75, 3.05) is 21.3 Å². The molecule has 0 radical (unpaired) electrons. The maximum Gasteiger partial charge on any atom is 0.256 e. The summed E-state index contributed by atoms with van der Waals surface area (Å²) in [5, 5.41) is 9.24. The quantitative estimate of drug-likeness (QED) is 0.638. The van der Waals surface area contributed by atoms with Crippen LogP contribution < -0.4 is 4.84 Å². The third kappa shape index (κ3) is 6.06. The number of fused-ring (bicyclic) bond motifs is 1. The van der Waals surface area contributed by atoms with Gasteiger partial charge in [0.1, 0.15) is 18.1 Å². The molecule has 3 heterocycles. The summed E-state index contributed by atoms with van der Waals surface area (Å²) in [6.07, 6.45) is 0.839. The van der Waals surface area contributed by atoms with E-state index < -0.39 is 0 Å². The fourth-order valence-electron chi connectivity index (χ4n) is 2.69. The number of carbonyl (C=O) groups is 4. The fourth-order valence-corrected chi connectivity index (χ4v) is 2.69. The highest BCUT2D eigenvalue weighted by atomic mass is 16.7. The van der Waals surface area contributed by atoms with E-state index in [1.54, 1.807) is 14.0 Å². The third-order valence-electron chi connectivity index (χ3n) is 4.19. The minimum atomic E-state index is -0.250. The molecule has 0 bridgehead atoms. The number of para-hydroxylation sites is 1. The van der Waals surface area contributed by atoms with Gasteiger partial charge in [-0.1, -0.05) is 31.3 Å². The van der Waals surface area contributed by atoms with E-state index in [9.17, 15) is 19.2 Å². The molecule has 1 atom stereocenters. The molecule has 2 aliphatic heterocycles. The van der Waals surface area contributed by atoms with Crippen LogP contribution in [0, 0.1) is 5.92 Å². The van der Waals surface area contributed by atoms with Crippen LogP contribution in [0.4, 0.5) is 0 Å². The third-order valence-corrected chi connectivity index (χ3v) is 4.19. The van der Waals surface area contributed by atoms with Crippen LogP contribution in [0.3, 0.4) is 0 Å². The van der Waals surface area contributed by atoms with Crippen molar-refractivity contribution in [1.82, 2.24) is 25.3 Å². The number of benzene rings is 1. The number of rotatable bonds is 3. The molecule has 0 saturated carbocycles. The summed E-state index contributed by atoms with van der Waals surface area (Å²) in [6.45, 7) is 1.71. The topological polar surface area (TPSA) is 133 Å². The lowest BCUT2D eigenvalue weighted by atomic mass is 10.1. The first-order chi connectivity index (χ1) is 14.3. The summed E-state index contributed by atoms with van der Waals surface area (Å²) in [7, 11) is 4.18. The molecule has 1 aromatic heterocycles. The van der Waals surface area contributed by atoms with E-state index in [2.05, 4.69) is 20.0 Å². The Kier molecular flexibility index (Phi) is 9.70. The number of nitrogens with zero attached hydrogens (tertiary/aromatic N) is 5. The lowest BCUT2D eigenvalue weighted by Gasteiger charge is -2.08. The summed E-state index contributed by atoms with van der Waals surface area (Å²) in [5.74, 6) is -1.20. The molecule has 31 heavy (non-hydrogen) atoms. The normalized spacial score (nSPS) is 17.7. The number of aromatic nitrogens is 3. The minimum Gasteiger partial charge on any atom is -0.398 e. The molecule has 4 amide bonds. The Morgan fingerprint density at radius 3 is 1.87 bits per heavy atom. The molecular formula is C19H27N5O7. The molecule has 2 aromatic rings. The lowest BCUT2D eigenvalue weighted by molar-refractivity contribution is -0.181. The van der Waals surface area contributed by atoms with Crippen LogP contribution in [0.5, 0.6) is 0 Å². The molecule has 1 aromatic carbocycles. The second kappa shape index (κ2) is 11.7. The zero-order valence-corrected chi connectivity index (χ0v) is 17.1. The zero-order valence-electron chi connectivity index (χ0n) is 17.1. The Balaban J connectivity index is 0.000000230. The van der Waals surface area contributed by atoms with Gasteiger partial charge in [0, 0.05) is 25.2 Å². The summed E-state index contributed by atoms with van der Waals surface area (Å²) in [4.78, 5) is 58.2. The zero-order chi connectivity index (χ0) is 22.3. The second-order valence-corrected chi connectivity index (χ2v) is 6.21. The number of hydroxylamine groups is 4. The summed E-state index contributed by atoms with van der Waals surface area (Å²) in [5.41, 5.74) is 1.73. The van der Waals surface area contributed by atoms with Gasteiger partial charge >= 0.3 is 0 Å². The first-order valence-corrected chi connectivity index (χ1v) is 8.99. The highest BCUT2D eigenvalue weighted by molar-refractivity contribution is 6.02. The molecule has 2 fully saturated rings. The molecule has 170 valence electrons. The maximum absolute atomic E-state index is 10.9. The molecule has 1 unspecified atom stereocenters. The van der Waals surface area contributed by atoms with E-state index in [-0.39, 0.29) is 56.2 Å². The van der Waals surface area contributed by atoms with E-state index in [4.69, 9.17) is 4.84 Å². The highest BCUT2D eigenvalue weighted by Crippen LogP contribution is 2.17. The molecule has 2 aliphatic rings. The van der Waals surface area contributed by atoms with Gasteiger partial charge in [-0.05, 0) is 17.3 Å². The highest BCUT2D eigenvalue weighted by Gasteiger charge is 2.36. The second-order valence-electron chi connectivity index (χ2n) is 6.21. The van der Waals surface area contributed by atoms with Gasteiger partial charge in [-0.25, -0.2) is 0 Å². The Morgan fingerprint density at radius 1 is 0.871 bits per heavy atom. The first-order valence-electron chi connectivity index (χ1n) is 8.99. The number of hydrogen-bond acceptors (Lipinski definition) is 9. The Morgan fingerprint density at radius 2 is 1.45 bits per heavy atom. The first kappa shape index (κ1) is 25.7. The maximum atomic E-state index is 10.9. The van der Waals surface area contributed by atoms with Gasteiger partial charge < -0.3 is 4.84 Å². The van der Waals surface area contributed by atoms with E-state index in [0.29, 0.717) is 0 Å². The fraction of sp³-hybridized carbons (Fsp3) is 0.474. The Hall–Kier alpha value is -3.38. The summed E-state index contributed by atoms with van der Waals surface area (Å²) >= 11 is 0. The lowest BCUT2D eigenvalue weighted by Crippen LogP contribution is -2.28. The minimum absolute atomic E-state index is 0. The van der Waals surface area contributed by atoms with Crippen molar-refractivity contribution in [2.24, 2.45) is 5.92 Å². The SMILES string of the molecule is C.CON1C(=O)CC(C)C1=O.CON1C(=O)CCC1=O.COn1nnc2ccccc21. The number of imide groups is 2. The van der Waals surface area contributed by atoms with Gasteiger partial charge in [-0.3, -0.25) is 28.9 Å². The van der Waals surface area contributed by atoms with Crippen LogP contribution in [0.2, 0.25) is 0 Å². The molecule has 0 N–H and O–H groups in total. The van der Waals surface area contributed by atoms with Gasteiger partial charge in [-0.2, -0.15) is 10.1 Å². The Bertz CT molecular complexity index is 913. The van der Waals surface area contributed by atoms with Crippen molar-refractivity contribution in [3.05, 3.63) is 24.3 Å². The van der Waals surface area contributed by atoms with Crippen molar-refractivity contribution in [2.45, 2.75) is 33.6 Å². The molecule has 12 nitrogen and oxygen atoms in total. The van der Waals surface area contributed by atoms with Crippen LogP contribution in [-0.2, 0) is 28.9 Å². The molecule has 4 rings (SSSR count). The van der Waals surface area contributed by atoms with Gasteiger partial charge in [0.05, 0.1) is 14.2 Å². The summed E-state index contributed by atoms with van der Waals surface area (Å²) < 4.78 is 0. The van der Waals surface area contributed by atoms with E-state index >= 15 is 0 Å². The number of hydrogen-bond donors (Lipinski definition) is 0. The van der Waals surface area contributed by atoms with Crippen molar-refractivity contribution < 1.29 is 33.7 Å². The van der Waals surface area contributed by atoms with Crippen LogP contribution in [0.25, 0.3) is 11.0 Å². The largest absolute Gasteiger partial charge is 0.398 e. The van der Waals surface area contributed by atoms with E-state index in [1.807, 2.05) is 24.3 Å². The average molecular weight is 437 g/mol. The van der Waals surface area contributed by atoms with E-state index in [0.717, 1.165) is 21.2 Å². The molecule has 0 spiro atoms. The molecule has 2 saturated heterocycles. The van der Waals surface area contributed by atoms with Crippen LogP contribution in [-0.4, -0.2) is 70.2 Å². The molecule has 12 heteroatoms. The van der Waals surface area contributed by atoms with Gasteiger partial charge in [-0.15, -0.1) is 5.10 Å². The predicted octanol–water partition coefficient (Wildman–Crippen LogP) is 0.765. The Labute approximate surface area is 179 Å². The molecule has 0 aliphatic carbocycles. The summed E-state index contributed by atoms with van der Waals surface area (Å²) in [6, 6.07) is 7.62. The molecular weight excluding hydrogens is 410 g/mol. The van der Waals surface area contributed by atoms with Crippen molar-refractivity contribution in [1.29, 1.82) is 0 Å². The predicted molar refractivity (Wildman–Crippen MR) is 108 cm³/mol. The van der Waals surface area contributed by atoms with Gasteiger partial charge in [0.2, 0.25) is 0 Å². The van der Waals surface area contributed by atoms with Gasteiger partial charge in [0.15, 0.2) is 0 Å². The number of amides is 4. The number of carbonyl (C=O) groups excluding carboxylic acids is 4. The van der Waals surface area contributed by atoms with Crippen molar-refractivity contribution >= 4 is 34.7 Å². The van der Waals surface area contributed by atoms with Gasteiger partial charge in [0.25, 0.3) is 23.6 Å². The van der Waals surface area contributed by atoms with E-state index in [1.165, 1.54) is 19.1 Å². The average Bonchev–Trinajstić information content (AvgIpc) is 3.38. The monoisotopic (exact) mass is 437 g/mol. The van der Waals surface area contributed by atoms with Crippen LogP contribution >= 0.6 is 0 Å². The van der Waals surface area contributed by atoms with Crippen molar-refractivity contribution in [3.8, 4) is 0 Å². The van der Waals surface area contributed by atoms with Crippen LogP contribution in [0.1, 0.15) is 33.6 Å². The van der Waals surface area contributed by atoms with Crippen molar-refractivity contribution in [3.63, 3.8) is 0 Å². The standard InChI is InChI=1S/C7H7N3O.C6H9NO3.C5H7NO3.CH4/c1-11-10-7-5-3-2-4-6(7)8-9-10;1-4-3-5(8)7(10-2)6(4)9;1-9-6-4(7)2-3-5(6)8;/h2-5H,1H3;4H,3H2,1-2H3;2-3H2,1H3;1H4.